The standard InChI is InChI=1S/C23H24O12/c1-31-12-5-9(3-4-11(12)25)10-8-33-13-6-14(22(32-2)19(28)16(13)17(10)26)34-23-21(30)20(29)18(27)15(7-24)35-23/h3-6,8,15,18,20-21,23-25,27-30H,7H2,1-2H3. The molecule has 4 rings (SSSR count). The van der Waals surface area contributed by atoms with E-state index in [0.717, 1.165) is 6.26 Å². The number of hydrogen-bond donors (Lipinski definition) is 6. The van der Waals surface area contributed by atoms with E-state index in [9.17, 15) is 35.4 Å². The Bertz CT molecular complexity index is 1280. The molecular weight excluding hydrogens is 468 g/mol. The van der Waals surface area contributed by atoms with Crippen molar-refractivity contribution in [1.82, 2.24) is 0 Å². The lowest BCUT2D eigenvalue weighted by molar-refractivity contribution is -0.277. The third-order valence-electron chi connectivity index (χ3n) is 5.75. The average Bonchev–Trinajstić information content (AvgIpc) is 2.85. The quantitative estimate of drug-likeness (QED) is 0.272. The van der Waals surface area contributed by atoms with Crippen LogP contribution in [-0.4, -0.2) is 82.2 Å². The SMILES string of the molecule is COc1cc(-c2coc3cc(OC4OC(CO)C(O)C(O)C4O)c(OC)c(O)c3c2=O)ccc1O. The van der Waals surface area contributed by atoms with Crippen molar-refractivity contribution in [2.45, 2.75) is 30.7 Å². The third-order valence-corrected chi connectivity index (χ3v) is 5.75. The highest BCUT2D eigenvalue weighted by Gasteiger charge is 2.45. The van der Waals surface area contributed by atoms with Gasteiger partial charge in [0.1, 0.15) is 41.6 Å². The third kappa shape index (κ3) is 4.22. The number of benzene rings is 2. The highest BCUT2D eigenvalue weighted by Crippen LogP contribution is 2.43. The molecule has 188 valence electrons. The molecule has 3 aromatic rings. The first-order chi connectivity index (χ1) is 16.7. The summed E-state index contributed by atoms with van der Waals surface area (Å²) in [4.78, 5) is 13.2. The zero-order chi connectivity index (χ0) is 25.4. The first kappa shape index (κ1) is 24.6. The fourth-order valence-electron chi connectivity index (χ4n) is 3.85. The molecule has 0 aliphatic carbocycles. The summed E-state index contributed by atoms with van der Waals surface area (Å²) in [6, 6.07) is 5.46. The lowest BCUT2D eigenvalue weighted by atomic mass is 9.99. The maximum absolute atomic E-state index is 13.2. The smallest absolute Gasteiger partial charge is 0.229 e. The molecular formula is C23H24O12. The summed E-state index contributed by atoms with van der Waals surface area (Å²) in [5, 5.41) is 60.0. The number of aliphatic hydroxyl groups excluding tert-OH is 4. The van der Waals surface area contributed by atoms with Gasteiger partial charge in [-0.3, -0.25) is 4.79 Å². The number of aromatic hydroxyl groups is 2. The second kappa shape index (κ2) is 9.60. The fourth-order valence-corrected chi connectivity index (χ4v) is 3.85. The van der Waals surface area contributed by atoms with Gasteiger partial charge in [0, 0.05) is 6.07 Å². The molecule has 5 unspecified atom stereocenters. The van der Waals surface area contributed by atoms with Gasteiger partial charge in [-0.15, -0.1) is 0 Å². The molecule has 6 N–H and O–H groups in total. The van der Waals surface area contributed by atoms with Gasteiger partial charge in [0.2, 0.25) is 17.5 Å². The molecule has 5 atom stereocenters. The number of methoxy groups -OCH3 is 2. The van der Waals surface area contributed by atoms with E-state index in [2.05, 4.69) is 0 Å². The summed E-state index contributed by atoms with van der Waals surface area (Å²) in [6.07, 6.45) is -6.62. The fraction of sp³-hybridized carbons (Fsp3) is 0.348. The topological polar surface area (TPSA) is 189 Å². The van der Waals surface area contributed by atoms with Crippen molar-refractivity contribution in [3.63, 3.8) is 0 Å². The predicted molar refractivity (Wildman–Crippen MR) is 119 cm³/mol. The van der Waals surface area contributed by atoms with Gasteiger partial charge < -0.3 is 54.0 Å². The van der Waals surface area contributed by atoms with Crippen molar-refractivity contribution in [2.24, 2.45) is 0 Å². The van der Waals surface area contributed by atoms with Crippen molar-refractivity contribution in [3.8, 4) is 39.9 Å². The Balaban J connectivity index is 1.78. The van der Waals surface area contributed by atoms with Gasteiger partial charge in [-0.05, 0) is 17.7 Å². The number of ether oxygens (including phenoxy) is 4. The molecule has 1 fully saturated rings. The number of fused-ring (bicyclic) bond motifs is 1. The Hall–Kier alpha value is -3.55. The maximum atomic E-state index is 13.2. The molecule has 2 heterocycles. The molecule has 12 nitrogen and oxygen atoms in total. The zero-order valence-electron chi connectivity index (χ0n) is 18.6. The average molecular weight is 492 g/mol. The predicted octanol–water partition coefficient (Wildman–Crippen LogP) is 0.0671. The van der Waals surface area contributed by atoms with E-state index in [0.29, 0.717) is 5.56 Å². The van der Waals surface area contributed by atoms with E-state index in [1.165, 1.54) is 38.5 Å². The van der Waals surface area contributed by atoms with Gasteiger partial charge in [-0.1, -0.05) is 6.07 Å². The van der Waals surface area contributed by atoms with Gasteiger partial charge >= 0.3 is 0 Å². The van der Waals surface area contributed by atoms with Crippen LogP contribution in [0.1, 0.15) is 0 Å². The summed E-state index contributed by atoms with van der Waals surface area (Å²) < 4.78 is 26.8. The largest absolute Gasteiger partial charge is 0.504 e. The van der Waals surface area contributed by atoms with Crippen LogP contribution in [-0.2, 0) is 4.74 Å². The Kier molecular flexibility index (Phi) is 6.74. The molecule has 2 aromatic carbocycles. The van der Waals surface area contributed by atoms with Crippen molar-refractivity contribution in [2.75, 3.05) is 20.8 Å². The number of phenols is 2. The Labute approximate surface area is 197 Å². The first-order valence-electron chi connectivity index (χ1n) is 10.4. The normalized spacial score (nSPS) is 24.3. The van der Waals surface area contributed by atoms with Crippen LogP contribution < -0.4 is 19.6 Å². The van der Waals surface area contributed by atoms with E-state index in [1.54, 1.807) is 0 Å². The van der Waals surface area contributed by atoms with Crippen molar-refractivity contribution in [3.05, 3.63) is 40.8 Å². The van der Waals surface area contributed by atoms with E-state index in [4.69, 9.17) is 23.4 Å². The van der Waals surface area contributed by atoms with Crippen molar-refractivity contribution < 1.29 is 54.0 Å². The Morgan fingerprint density at radius 2 is 1.71 bits per heavy atom. The molecule has 12 heteroatoms. The number of phenolic OH excluding ortho intramolecular Hbond substituents is 2. The Morgan fingerprint density at radius 1 is 0.971 bits per heavy atom. The summed E-state index contributed by atoms with van der Waals surface area (Å²) >= 11 is 0. The minimum atomic E-state index is -1.71. The van der Waals surface area contributed by atoms with Crippen LogP contribution in [0.15, 0.2) is 39.7 Å². The molecule has 1 aromatic heterocycles. The van der Waals surface area contributed by atoms with Gasteiger partial charge in [-0.25, -0.2) is 0 Å². The monoisotopic (exact) mass is 492 g/mol. The molecule has 0 spiro atoms. The highest BCUT2D eigenvalue weighted by atomic mass is 16.7. The van der Waals surface area contributed by atoms with Crippen LogP contribution in [0.25, 0.3) is 22.1 Å². The van der Waals surface area contributed by atoms with E-state index in [-0.39, 0.29) is 39.5 Å². The van der Waals surface area contributed by atoms with Crippen LogP contribution in [0.2, 0.25) is 0 Å². The summed E-state index contributed by atoms with van der Waals surface area (Å²) in [6.45, 7) is -0.662. The maximum Gasteiger partial charge on any atom is 0.229 e. The lowest BCUT2D eigenvalue weighted by Gasteiger charge is -2.39. The first-order valence-corrected chi connectivity index (χ1v) is 10.4. The molecule has 0 amide bonds. The summed E-state index contributed by atoms with van der Waals surface area (Å²) in [7, 11) is 2.56. The van der Waals surface area contributed by atoms with Gasteiger partial charge in [0.15, 0.2) is 23.0 Å². The van der Waals surface area contributed by atoms with Gasteiger partial charge in [-0.2, -0.15) is 0 Å². The molecule has 0 saturated carbocycles. The Morgan fingerprint density at radius 3 is 2.37 bits per heavy atom. The number of hydrogen-bond acceptors (Lipinski definition) is 12. The summed E-state index contributed by atoms with van der Waals surface area (Å²) in [5.41, 5.74) is -0.289. The zero-order valence-corrected chi connectivity index (χ0v) is 18.6. The number of rotatable bonds is 6. The summed E-state index contributed by atoms with van der Waals surface area (Å²) in [5.74, 6) is -1.11. The van der Waals surface area contributed by atoms with Crippen LogP contribution in [0, 0.1) is 0 Å². The number of aliphatic hydroxyl groups is 4. The molecule has 0 radical (unpaired) electrons. The van der Waals surface area contributed by atoms with Crippen molar-refractivity contribution >= 4 is 11.0 Å². The van der Waals surface area contributed by atoms with Crippen LogP contribution in [0.3, 0.4) is 0 Å². The molecule has 1 saturated heterocycles. The minimum absolute atomic E-state index is 0.0655. The van der Waals surface area contributed by atoms with E-state index in [1.807, 2.05) is 0 Å². The van der Waals surface area contributed by atoms with E-state index < -0.39 is 48.5 Å². The van der Waals surface area contributed by atoms with Gasteiger partial charge in [0.25, 0.3) is 0 Å². The van der Waals surface area contributed by atoms with Crippen LogP contribution in [0.4, 0.5) is 0 Å². The molecule has 1 aliphatic rings. The second-order valence-electron chi connectivity index (χ2n) is 7.81. The highest BCUT2D eigenvalue weighted by molar-refractivity contribution is 5.91. The second-order valence-corrected chi connectivity index (χ2v) is 7.81. The van der Waals surface area contributed by atoms with Crippen LogP contribution >= 0.6 is 0 Å². The molecule has 0 bridgehead atoms. The van der Waals surface area contributed by atoms with Crippen molar-refractivity contribution in [1.29, 1.82) is 0 Å². The molecule has 1 aliphatic heterocycles. The van der Waals surface area contributed by atoms with E-state index >= 15 is 0 Å². The lowest BCUT2D eigenvalue weighted by Crippen LogP contribution is -2.60. The molecule has 35 heavy (non-hydrogen) atoms. The van der Waals surface area contributed by atoms with Crippen LogP contribution in [0.5, 0.6) is 28.7 Å². The minimum Gasteiger partial charge on any atom is -0.504 e. The van der Waals surface area contributed by atoms with Gasteiger partial charge in [0.05, 0.1) is 26.4 Å².